The Kier molecular flexibility index (Phi) is 7.23. The Morgan fingerprint density at radius 1 is 1.14 bits per heavy atom. The summed E-state index contributed by atoms with van der Waals surface area (Å²) in [6.45, 7) is 4.43. The van der Waals surface area contributed by atoms with Gasteiger partial charge in [0.2, 0.25) is 10.0 Å². The van der Waals surface area contributed by atoms with E-state index in [2.05, 4.69) is 46.4 Å². The van der Waals surface area contributed by atoms with E-state index in [-0.39, 0.29) is 10.9 Å². The number of sulfonamides is 1. The van der Waals surface area contributed by atoms with Gasteiger partial charge in [-0.25, -0.2) is 13.4 Å². The monoisotopic (exact) mass is 418 g/mol. The molecule has 1 aliphatic rings. The van der Waals surface area contributed by atoms with Crippen molar-refractivity contribution in [2.24, 2.45) is 0 Å². The fraction of sp³-hybridized carbons (Fsp3) is 0.476. The van der Waals surface area contributed by atoms with Crippen molar-refractivity contribution in [3.05, 3.63) is 53.7 Å². The molecule has 0 saturated carbocycles. The van der Waals surface area contributed by atoms with Crippen LogP contribution >= 0.6 is 0 Å². The highest BCUT2D eigenvalue weighted by Crippen LogP contribution is 2.21. The first-order valence-electron chi connectivity index (χ1n) is 9.95. The van der Waals surface area contributed by atoms with Gasteiger partial charge in [-0.05, 0) is 43.8 Å². The van der Waals surface area contributed by atoms with Crippen molar-refractivity contribution in [2.45, 2.75) is 24.3 Å². The summed E-state index contributed by atoms with van der Waals surface area (Å²) in [6.07, 6.45) is 2.45. The highest BCUT2D eigenvalue weighted by molar-refractivity contribution is 7.89. The van der Waals surface area contributed by atoms with Crippen LogP contribution in [0.15, 0.2) is 47.5 Å². The van der Waals surface area contributed by atoms with Gasteiger partial charge in [0, 0.05) is 25.8 Å². The molecule has 158 valence electrons. The molecule has 0 amide bonds. The van der Waals surface area contributed by atoms with Gasteiger partial charge >= 0.3 is 0 Å². The summed E-state index contributed by atoms with van der Waals surface area (Å²) in [6, 6.07) is 12.2. The van der Waals surface area contributed by atoms with Gasteiger partial charge in [-0.1, -0.05) is 31.2 Å². The van der Waals surface area contributed by atoms with Crippen LogP contribution in [-0.2, 0) is 21.2 Å². The van der Waals surface area contributed by atoms with Gasteiger partial charge in [0.15, 0.2) is 0 Å². The summed E-state index contributed by atoms with van der Waals surface area (Å²) in [7, 11) is 0.576. The number of anilines is 1. The molecular formula is C21H30N4O3S. The average Bonchev–Trinajstić information content (AvgIpc) is 2.75. The molecule has 3 rings (SSSR count). The van der Waals surface area contributed by atoms with E-state index in [9.17, 15) is 8.42 Å². The fourth-order valence-corrected chi connectivity index (χ4v) is 4.70. The predicted octanol–water partition coefficient (Wildman–Crippen LogP) is 2.38. The third kappa shape index (κ3) is 5.33. The lowest BCUT2D eigenvalue weighted by atomic mass is 10.0. The Labute approximate surface area is 173 Å². The van der Waals surface area contributed by atoms with E-state index in [0.29, 0.717) is 38.7 Å². The zero-order valence-corrected chi connectivity index (χ0v) is 18.2. The second-order valence-electron chi connectivity index (χ2n) is 7.35. The van der Waals surface area contributed by atoms with Crippen LogP contribution in [0, 0.1) is 0 Å². The van der Waals surface area contributed by atoms with E-state index in [0.717, 1.165) is 6.42 Å². The highest BCUT2D eigenvalue weighted by Gasteiger charge is 2.26. The summed E-state index contributed by atoms with van der Waals surface area (Å²) in [4.78, 5) is 6.70. The minimum atomic E-state index is -3.52. The van der Waals surface area contributed by atoms with Crippen molar-refractivity contribution in [1.82, 2.24) is 14.2 Å². The lowest BCUT2D eigenvalue weighted by molar-refractivity contribution is 0.0730. The van der Waals surface area contributed by atoms with E-state index in [1.54, 1.807) is 12.1 Å². The van der Waals surface area contributed by atoms with Gasteiger partial charge < -0.3 is 15.0 Å². The number of nitrogens with zero attached hydrogens (tertiary/aromatic N) is 3. The Morgan fingerprint density at radius 3 is 2.38 bits per heavy atom. The van der Waals surface area contributed by atoms with E-state index in [1.165, 1.54) is 21.6 Å². The fourth-order valence-electron chi connectivity index (χ4n) is 3.35. The third-order valence-corrected chi connectivity index (χ3v) is 7.10. The summed E-state index contributed by atoms with van der Waals surface area (Å²) in [5, 5.41) is 3.33. The zero-order valence-electron chi connectivity index (χ0n) is 17.3. The molecule has 1 fully saturated rings. The molecule has 0 bridgehead atoms. The average molecular weight is 419 g/mol. The molecule has 0 unspecified atom stereocenters. The van der Waals surface area contributed by atoms with E-state index < -0.39 is 10.0 Å². The maximum atomic E-state index is 12.7. The summed E-state index contributed by atoms with van der Waals surface area (Å²) >= 11 is 0. The van der Waals surface area contributed by atoms with Gasteiger partial charge in [0.25, 0.3) is 0 Å². The SMILES string of the molecule is CCc1ccc([C@@H](CNc2ccc(S(=O)(=O)N3CCOCC3)cn2)N(C)C)cc1. The molecular weight excluding hydrogens is 388 g/mol. The topological polar surface area (TPSA) is 74.8 Å². The lowest BCUT2D eigenvalue weighted by Gasteiger charge is -2.26. The van der Waals surface area contributed by atoms with E-state index >= 15 is 0 Å². The Bertz CT molecular complexity index is 877. The van der Waals surface area contributed by atoms with E-state index in [4.69, 9.17) is 4.74 Å². The van der Waals surface area contributed by atoms with Gasteiger partial charge in [0.05, 0.1) is 19.3 Å². The predicted molar refractivity (Wildman–Crippen MR) is 115 cm³/mol. The molecule has 1 aliphatic heterocycles. The Hall–Kier alpha value is -2.00. The molecule has 1 saturated heterocycles. The van der Waals surface area contributed by atoms with Crippen LogP contribution in [0.1, 0.15) is 24.1 Å². The number of nitrogens with one attached hydrogen (secondary N) is 1. The highest BCUT2D eigenvalue weighted by atomic mass is 32.2. The number of aromatic nitrogens is 1. The number of morpholine rings is 1. The van der Waals surface area contributed by atoms with Crippen molar-refractivity contribution < 1.29 is 13.2 Å². The largest absolute Gasteiger partial charge is 0.379 e. The number of hydrogen-bond acceptors (Lipinski definition) is 6. The van der Waals surface area contributed by atoms with Crippen LogP contribution in [0.3, 0.4) is 0 Å². The van der Waals surface area contributed by atoms with Crippen LogP contribution in [0.5, 0.6) is 0 Å². The lowest BCUT2D eigenvalue weighted by Crippen LogP contribution is -2.40. The van der Waals surface area contributed by atoms with E-state index in [1.807, 2.05) is 14.1 Å². The van der Waals surface area contributed by atoms with Gasteiger partial charge in [-0.2, -0.15) is 4.31 Å². The van der Waals surface area contributed by atoms with Gasteiger partial charge in [-0.3, -0.25) is 0 Å². The van der Waals surface area contributed by atoms with Crippen LogP contribution in [0.25, 0.3) is 0 Å². The second-order valence-corrected chi connectivity index (χ2v) is 9.29. The molecule has 2 aromatic rings. The van der Waals surface area contributed by atoms with Crippen molar-refractivity contribution in [2.75, 3.05) is 52.3 Å². The maximum absolute atomic E-state index is 12.7. The molecule has 1 atom stereocenters. The first-order valence-corrected chi connectivity index (χ1v) is 11.4. The number of hydrogen-bond donors (Lipinski definition) is 1. The standard InChI is InChI=1S/C21H30N4O3S/c1-4-17-5-7-18(8-6-17)20(24(2)3)16-23-21-10-9-19(15-22-21)29(26,27)25-11-13-28-14-12-25/h5-10,15,20H,4,11-14,16H2,1-3H3,(H,22,23)/t20-/m1/s1. The number of likely N-dealkylation sites (N-methyl/N-ethyl adjacent to an activating group) is 1. The van der Waals surface area contributed by atoms with Crippen LogP contribution < -0.4 is 5.32 Å². The smallest absolute Gasteiger partial charge is 0.244 e. The first kappa shape index (κ1) is 21.7. The molecule has 7 nitrogen and oxygen atoms in total. The Morgan fingerprint density at radius 2 is 1.83 bits per heavy atom. The van der Waals surface area contributed by atoms with Gasteiger partial charge in [-0.15, -0.1) is 0 Å². The van der Waals surface area contributed by atoms with Crippen molar-refractivity contribution in [3.8, 4) is 0 Å². The minimum Gasteiger partial charge on any atom is -0.379 e. The molecule has 8 heteroatoms. The molecule has 0 radical (unpaired) electrons. The first-order chi connectivity index (χ1) is 13.9. The minimum absolute atomic E-state index is 0.180. The molecule has 2 heterocycles. The molecule has 29 heavy (non-hydrogen) atoms. The van der Waals surface area contributed by atoms with Crippen molar-refractivity contribution >= 4 is 15.8 Å². The number of ether oxygens (including phenoxy) is 1. The van der Waals surface area contributed by atoms with Crippen molar-refractivity contribution in [3.63, 3.8) is 0 Å². The number of aryl methyl sites for hydroxylation is 1. The number of pyridine rings is 1. The summed E-state index contributed by atoms with van der Waals surface area (Å²) in [5.41, 5.74) is 2.55. The Balaban J connectivity index is 1.66. The quantitative estimate of drug-likeness (QED) is 0.710. The van der Waals surface area contributed by atoms with Gasteiger partial charge in [0.1, 0.15) is 10.7 Å². The summed E-state index contributed by atoms with van der Waals surface area (Å²) < 4.78 is 32.1. The molecule has 0 spiro atoms. The molecule has 1 aromatic heterocycles. The van der Waals surface area contributed by atoms with Crippen LogP contribution in [-0.4, -0.2) is 69.6 Å². The summed E-state index contributed by atoms with van der Waals surface area (Å²) in [5.74, 6) is 0.656. The van der Waals surface area contributed by atoms with Crippen molar-refractivity contribution in [1.29, 1.82) is 0 Å². The molecule has 1 aromatic carbocycles. The second kappa shape index (κ2) is 9.67. The maximum Gasteiger partial charge on any atom is 0.244 e. The van der Waals surface area contributed by atoms with Crippen LogP contribution in [0.2, 0.25) is 0 Å². The normalized spacial score (nSPS) is 16.7. The zero-order chi connectivity index (χ0) is 20.9. The number of benzene rings is 1. The number of rotatable bonds is 8. The third-order valence-electron chi connectivity index (χ3n) is 5.22. The molecule has 0 aliphatic carbocycles. The molecule has 1 N–H and O–H groups in total. The van der Waals surface area contributed by atoms with Crippen LogP contribution in [0.4, 0.5) is 5.82 Å².